The van der Waals surface area contributed by atoms with E-state index in [0.29, 0.717) is 26.1 Å². The Morgan fingerprint density at radius 2 is 0.556 bits per heavy atom. The van der Waals surface area contributed by atoms with E-state index in [0.717, 1.165) is 50.4 Å². The van der Waals surface area contributed by atoms with Gasteiger partial charge in [0.05, 0.1) is 13.2 Å². The molecule has 0 heterocycles. The van der Waals surface area contributed by atoms with Gasteiger partial charge in [-0.05, 0) is 37.5 Å². The van der Waals surface area contributed by atoms with Gasteiger partial charge >= 0.3 is 11.9 Å². The lowest BCUT2D eigenvalue weighted by Gasteiger charge is -2.06. The van der Waals surface area contributed by atoms with E-state index in [4.69, 9.17) is 9.47 Å². The van der Waals surface area contributed by atoms with E-state index in [2.05, 4.69) is 27.7 Å². The molecule has 0 amide bonds. The third kappa shape index (κ3) is 39.0. The topological polar surface area (TPSA) is 52.6 Å². The largest absolute Gasteiger partial charge is 0.466 e. The number of carbonyl (C=O) groups excluding carboxylic acids is 2. The molecular formula is C41H80O4. The van der Waals surface area contributed by atoms with Crippen LogP contribution in [-0.4, -0.2) is 25.2 Å². The van der Waals surface area contributed by atoms with E-state index in [9.17, 15) is 9.59 Å². The number of unbranched alkanes of at least 4 members (excludes halogenated alkanes) is 24. The molecule has 0 aliphatic heterocycles. The summed E-state index contributed by atoms with van der Waals surface area (Å²) in [6.07, 6.45) is 37.7. The first-order valence-corrected chi connectivity index (χ1v) is 20.2. The highest BCUT2D eigenvalue weighted by Crippen LogP contribution is 2.15. The van der Waals surface area contributed by atoms with Crippen molar-refractivity contribution in [3.8, 4) is 0 Å². The Morgan fingerprint density at radius 1 is 0.333 bits per heavy atom. The van der Waals surface area contributed by atoms with Crippen LogP contribution in [0.3, 0.4) is 0 Å². The third-order valence-electron chi connectivity index (χ3n) is 9.14. The number of rotatable bonds is 36. The average Bonchev–Trinajstić information content (AvgIpc) is 3.00. The second-order valence-corrected chi connectivity index (χ2v) is 14.9. The molecule has 0 aliphatic rings. The number of esters is 2. The van der Waals surface area contributed by atoms with Crippen LogP contribution in [0.5, 0.6) is 0 Å². The summed E-state index contributed by atoms with van der Waals surface area (Å²) in [6, 6.07) is 0. The summed E-state index contributed by atoms with van der Waals surface area (Å²) in [5.74, 6) is 1.68. The second-order valence-electron chi connectivity index (χ2n) is 14.9. The van der Waals surface area contributed by atoms with Crippen LogP contribution < -0.4 is 0 Å². The Kier molecular flexibility index (Phi) is 34.9. The summed E-state index contributed by atoms with van der Waals surface area (Å²) >= 11 is 0. The minimum atomic E-state index is -0.00251. The summed E-state index contributed by atoms with van der Waals surface area (Å²) in [6.45, 7) is 10.4. The number of carbonyl (C=O) groups is 2. The Hall–Kier alpha value is -1.06. The molecule has 0 unspecified atom stereocenters. The van der Waals surface area contributed by atoms with E-state index < -0.39 is 0 Å². The van der Waals surface area contributed by atoms with Gasteiger partial charge in [0.1, 0.15) is 0 Å². The highest BCUT2D eigenvalue weighted by Gasteiger charge is 2.04. The summed E-state index contributed by atoms with van der Waals surface area (Å²) in [5, 5.41) is 0. The standard InChI is InChI=1S/C41H80O4/c1-38(2)32-26-20-14-10-12-18-24-30-36-44-40(42)34-28-22-16-8-6-5-7-9-17-23-29-35-41(43)45-37-31-25-19-13-11-15-21-27-33-39(3)4/h38-39H,5-37H2,1-4H3. The van der Waals surface area contributed by atoms with Crippen molar-refractivity contribution in [2.24, 2.45) is 11.8 Å². The van der Waals surface area contributed by atoms with Crippen molar-refractivity contribution in [3.63, 3.8) is 0 Å². The van der Waals surface area contributed by atoms with Gasteiger partial charge < -0.3 is 9.47 Å². The molecule has 0 bridgehead atoms. The summed E-state index contributed by atoms with van der Waals surface area (Å²) < 4.78 is 10.8. The molecule has 268 valence electrons. The van der Waals surface area contributed by atoms with Crippen molar-refractivity contribution in [2.75, 3.05) is 13.2 Å². The molecule has 4 nitrogen and oxygen atoms in total. The van der Waals surface area contributed by atoms with Crippen molar-refractivity contribution in [2.45, 2.75) is 227 Å². The molecule has 0 aromatic rings. The lowest BCUT2D eigenvalue weighted by atomic mass is 10.0. The van der Waals surface area contributed by atoms with E-state index >= 15 is 0 Å². The van der Waals surface area contributed by atoms with E-state index in [-0.39, 0.29) is 11.9 Å². The van der Waals surface area contributed by atoms with Gasteiger partial charge in [0, 0.05) is 12.8 Å². The maximum absolute atomic E-state index is 11.9. The normalized spacial score (nSPS) is 11.5. The first-order chi connectivity index (χ1) is 21.9. The Balaban J connectivity index is 3.23. The molecule has 4 heteroatoms. The number of hydrogen-bond acceptors (Lipinski definition) is 4. The van der Waals surface area contributed by atoms with Crippen LogP contribution in [0.15, 0.2) is 0 Å². The monoisotopic (exact) mass is 637 g/mol. The minimum absolute atomic E-state index is 0.00251. The third-order valence-corrected chi connectivity index (χ3v) is 9.14. The lowest BCUT2D eigenvalue weighted by molar-refractivity contribution is -0.144. The lowest BCUT2D eigenvalue weighted by Crippen LogP contribution is -2.05. The molecule has 45 heavy (non-hydrogen) atoms. The molecule has 0 saturated heterocycles. The molecule has 0 saturated carbocycles. The predicted octanol–water partition coefficient (Wildman–Crippen LogP) is 13.5. The average molecular weight is 637 g/mol. The van der Waals surface area contributed by atoms with Crippen molar-refractivity contribution in [1.29, 1.82) is 0 Å². The van der Waals surface area contributed by atoms with Crippen LogP contribution >= 0.6 is 0 Å². The smallest absolute Gasteiger partial charge is 0.305 e. The highest BCUT2D eigenvalue weighted by molar-refractivity contribution is 5.69. The predicted molar refractivity (Wildman–Crippen MR) is 195 cm³/mol. The quantitative estimate of drug-likeness (QED) is 0.0507. The molecule has 0 spiro atoms. The van der Waals surface area contributed by atoms with Gasteiger partial charge in [-0.3, -0.25) is 9.59 Å². The van der Waals surface area contributed by atoms with Crippen molar-refractivity contribution < 1.29 is 19.1 Å². The van der Waals surface area contributed by atoms with Crippen LogP contribution in [0.4, 0.5) is 0 Å². The van der Waals surface area contributed by atoms with Crippen LogP contribution in [0.1, 0.15) is 227 Å². The fraction of sp³-hybridized carbons (Fsp3) is 0.951. The van der Waals surface area contributed by atoms with E-state index in [1.54, 1.807) is 0 Å². The fourth-order valence-electron chi connectivity index (χ4n) is 6.08. The van der Waals surface area contributed by atoms with Crippen molar-refractivity contribution in [1.82, 2.24) is 0 Å². The van der Waals surface area contributed by atoms with Crippen molar-refractivity contribution in [3.05, 3.63) is 0 Å². The van der Waals surface area contributed by atoms with Gasteiger partial charge in [-0.2, -0.15) is 0 Å². The highest BCUT2D eigenvalue weighted by atomic mass is 16.5. The second kappa shape index (κ2) is 35.8. The molecule has 0 fully saturated rings. The molecule has 0 rings (SSSR count). The summed E-state index contributed by atoms with van der Waals surface area (Å²) in [4.78, 5) is 23.9. The van der Waals surface area contributed by atoms with Crippen LogP contribution in [0.25, 0.3) is 0 Å². The van der Waals surface area contributed by atoms with Crippen LogP contribution in [0, 0.1) is 11.8 Å². The minimum Gasteiger partial charge on any atom is -0.466 e. The zero-order valence-electron chi connectivity index (χ0n) is 31.1. The van der Waals surface area contributed by atoms with Crippen molar-refractivity contribution >= 4 is 11.9 Å². The molecule has 0 aliphatic carbocycles. The van der Waals surface area contributed by atoms with Gasteiger partial charge in [-0.1, -0.05) is 188 Å². The summed E-state index contributed by atoms with van der Waals surface area (Å²) in [5.41, 5.74) is 0. The maximum atomic E-state index is 11.9. The maximum Gasteiger partial charge on any atom is 0.305 e. The van der Waals surface area contributed by atoms with Crippen LogP contribution in [-0.2, 0) is 19.1 Å². The number of hydrogen-bond donors (Lipinski definition) is 0. The van der Waals surface area contributed by atoms with E-state index in [1.165, 1.54) is 148 Å². The molecule has 0 radical (unpaired) electrons. The zero-order chi connectivity index (χ0) is 33.1. The summed E-state index contributed by atoms with van der Waals surface area (Å²) in [7, 11) is 0. The Morgan fingerprint density at radius 3 is 0.822 bits per heavy atom. The molecular weight excluding hydrogens is 556 g/mol. The molecule has 0 aromatic carbocycles. The van der Waals surface area contributed by atoms with Gasteiger partial charge in [0.2, 0.25) is 0 Å². The number of ether oxygens (including phenoxy) is 2. The first-order valence-electron chi connectivity index (χ1n) is 20.2. The molecule has 0 atom stereocenters. The zero-order valence-corrected chi connectivity index (χ0v) is 31.1. The van der Waals surface area contributed by atoms with E-state index in [1.807, 2.05) is 0 Å². The molecule has 0 aromatic heterocycles. The Labute approximate surface area is 282 Å². The SMILES string of the molecule is CC(C)CCCCCCCCCCOC(=O)CCCCCCCCCCCCCC(=O)OCCCCCCCCCCC(C)C. The van der Waals surface area contributed by atoms with Gasteiger partial charge in [-0.25, -0.2) is 0 Å². The Bertz CT molecular complexity index is 563. The fourth-order valence-corrected chi connectivity index (χ4v) is 6.08. The molecule has 0 N–H and O–H groups in total. The first kappa shape index (κ1) is 43.9. The van der Waals surface area contributed by atoms with Gasteiger partial charge in [-0.15, -0.1) is 0 Å². The van der Waals surface area contributed by atoms with Crippen LogP contribution in [0.2, 0.25) is 0 Å². The van der Waals surface area contributed by atoms with Gasteiger partial charge in [0.25, 0.3) is 0 Å². The van der Waals surface area contributed by atoms with Gasteiger partial charge in [0.15, 0.2) is 0 Å².